The van der Waals surface area contributed by atoms with Gasteiger partial charge in [-0.2, -0.15) is 5.10 Å². The molecule has 0 atom stereocenters. The lowest BCUT2D eigenvalue weighted by Crippen LogP contribution is -2.39. The maximum atomic E-state index is 13.6. The van der Waals surface area contributed by atoms with Crippen LogP contribution in [0.2, 0.25) is 5.02 Å². The molecule has 4 rings (SSSR count). The first-order valence-electron chi connectivity index (χ1n) is 13.5. The number of rotatable bonds is 13. The highest BCUT2D eigenvalue weighted by Gasteiger charge is 2.27. The zero-order valence-corrected chi connectivity index (χ0v) is 27.4. The molecular weight excluding hydrogens is 670 g/mol. The monoisotopic (exact) mass is 699 g/mol. The number of nitrogens with one attached hydrogen (secondary N) is 1. The largest absolute Gasteiger partial charge is 0.494 e. The number of benzene rings is 4. The summed E-state index contributed by atoms with van der Waals surface area (Å²) in [7, 11) is -2.60. The number of ether oxygens (including phenoxy) is 3. The Morgan fingerprint density at radius 3 is 2.32 bits per heavy atom. The molecule has 0 saturated carbocycles. The Morgan fingerprint density at radius 1 is 1.00 bits per heavy atom. The second kappa shape index (κ2) is 15.1. The zero-order chi connectivity index (χ0) is 31.7. The lowest BCUT2D eigenvalue weighted by atomic mass is 10.2. The topological polar surface area (TPSA) is 107 Å². The molecule has 12 heteroatoms. The Hall–Kier alpha value is -4.06. The van der Waals surface area contributed by atoms with Crippen LogP contribution in [0, 0.1) is 6.92 Å². The van der Waals surface area contributed by atoms with Gasteiger partial charge in [-0.15, -0.1) is 0 Å². The van der Waals surface area contributed by atoms with E-state index in [1.54, 1.807) is 36.4 Å². The number of amides is 1. The van der Waals surface area contributed by atoms with Crippen molar-refractivity contribution in [3.63, 3.8) is 0 Å². The number of hydrogen-bond acceptors (Lipinski definition) is 7. The van der Waals surface area contributed by atoms with E-state index in [1.165, 1.54) is 37.6 Å². The minimum Gasteiger partial charge on any atom is -0.494 e. The molecular formula is C32H31BrClN3O6S. The molecule has 0 unspecified atom stereocenters. The van der Waals surface area contributed by atoms with Gasteiger partial charge in [-0.1, -0.05) is 41.4 Å². The highest BCUT2D eigenvalue weighted by molar-refractivity contribution is 9.10. The normalized spacial score (nSPS) is 11.3. The van der Waals surface area contributed by atoms with Crippen molar-refractivity contribution in [3.05, 3.63) is 111 Å². The second-order valence-corrected chi connectivity index (χ2v) is 12.6. The van der Waals surface area contributed by atoms with Crippen LogP contribution in [0.3, 0.4) is 0 Å². The van der Waals surface area contributed by atoms with E-state index < -0.39 is 22.5 Å². The first kappa shape index (κ1) is 32.8. The molecule has 0 aliphatic carbocycles. The van der Waals surface area contributed by atoms with Crippen LogP contribution in [0.4, 0.5) is 5.69 Å². The molecule has 230 valence electrons. The molecule has 0 aliphatic heterocycles. The van der Waals surface area contributed by atoms with Crippen molar-refractivity contribution < 1.29 is 27.4 Å². The van der Waals surface area contributed by atoms with Crippen LogP contribution in [0.25, 0.3) is 0 Å². The van der Waals surface area contributed by atoms with Gasteiger partial charge < -0.3 is 14.2 Å². The lowest BCUT2D eigenvalue weighted by molar-refractivity contribution is -0.119. The summed E-state index contributed by atoms with van der Waals surface area (Å²) < 4.78 is 45.8. The number of nitrogens with zero attached hydrogens (tertiary/aromatic N) is 2. The van der Waals surface area contributed by atoms with E-state index in [1.807, 2.05) is 38.1 Å². The van der Waals surface area contributed by atoms with Gasteiger partial charge in [0.1, 0.15) is 18.9 Å². The Balaban J connectivity index is 1.49. The standard InChI is InChI=1S/C32H31BrClN3O6S/c1-4-42-27-13-11-26(12-14-27)37(44(39,40)28-15-9-25(34)10-16-28)20-31(38)36-35-19-24-17-29(33)32(30(18-24)41-3)43-21-23-7-5-22(2)6-8-23/h5-19H,4,20-21H2,1-3H3,(H,36,38)/b35-19-. The van der Waals surface area contributed by atoms with E-state index in [9.17, 15) is 13.2 Å². The molecule has 0 radical (unpaired) electrons. The molecule has 0 fully saturated rings. The molecule has 0 aromatic heterocycles. The van der Waals surface area contributed by atoms with Crippen molar-refractivity contribution >= 4 is 55.4 Å². The molecule has 0 heterocycles. The number of carbonyl (C=O) groups excluding carboxylic acids is 1. The molecule has 0 bridgehead atoms. The molecule has 9 nitrogen and oxygen atoms in total. The van der Waals surface area contributed by atoms with Crippen molar-refractivity contribution in [3.8, 4) is 17.2 Å². The van der Waals surface area contributed by atoms with Crippen LogP contribution in [-0.2, 0) is 21.4 Å². The molecule has 0 saturated heterocycles. The van der Waals surface area contributed by atoms with E-state index in [2.05, 4.69) is 26.5 Å². The van der Waals surface area contributed by atoms with Crippen LogP contribution in [0.15, 0.2) is 99.4 Å². The fourth-order valence-electron chi connectivity index (χ4n) is 4.06. The SMILES string of the molecule is CCOc1ccc(N(CC(=O)N/N=C\c2cc(Br)c(OCc3ccc(C)cc3)c(OC)c2)S(=O)(=O)c2ccc(Cl)cc2)cc1. The summed E-state index contributed by atoms with van der Waals surface area (Å²) >= 11 is 9.48. The number of anilines is 1. The smallest absolute Gasteiger partial charge is 0.264 e. The van der Waals surface area contributed by atoms with Crippen LogP contribution in [0.5, 0.6) is 17.2 Å². The predicted octanol–water partition coefficient (Wildman–Crippen LogP) is 6.74. The van der Waals surface area contributed by atoms with Crippen LogP contribution < -0.4 is 23.9 Å². The molecule has 1 N–H and O–H groups in total. The van der Waals surface area contributed by atoms with Gasteiger partial charge in [0.25, 0.3) is 15.9 Å². The van der Waals surface area contributed by atoms with Crippen molar-refractivity contribution in [2.75, 3.05) is 24.6 Å². The first-order valence-corrected chi connectivity index (χ1v) is 16.1. The van der Waals surface area contributed by atoms with Gasteiger partial charge in [0.05, 0.1) is 35.0 Å². The van der Waals surface area contributed by atoms with Crippen LogP contribution >= 0.6 is 27.5 Å². The molecule has 0 spiro atoms. The van der Waals surface area contributed by atoms with Crippen LogP contribution in [0.1, 0.15) is 23.6 Å². The fourth-order valence-corrected chi connectivity index (χ4v) is 6.18. The maximum Gasteiger partial charge on any atom is 0.264 e. The summed E-state index contributed by atoms with van der Waals surface area (Å²) in [5.41, 5.74) is 5.46. The van der Waals surface area contributed by atoms with E-state index in [0.717, 1.165) is 15.4 Å². The van der Waals surface area contributed by atoms with Crippen molar-refractivity contribution in [1.29, 1.82) is 0 Å². The molecule has 1 amide bonds. The number of aryl methyl sites for hydroxylation is 1. The average molecular weight is 701 g/mol. The van der Waals surface area contributed by atoms with Gasteiger partial charge in [-0.05, 0) is 102 Å². The molecule has 44 heavy (non-hydrogen) atoms. The van der Waals surface area contributed by atoms with E-state index in [0.29, 0.717) is 45.5 Å². The van der Waals surface area contributed by atoms with E-state index in [4.69, 9.17) is 25.8 Å². The Kier molecular flexibility index (Phi) is 11.3. The van der Waals surface area contributed by atoms with E-state index in [-0.39, 0.29) is 10.6 Å². The Bertz CT molecular complexity index is 1720. The lowest BCUT2D eigenvalue weighted by Gasteiger charge is -2.24. The van der Waals surface area contributed by atoms with Crippen molar-refractivity contribution in [2.45, 2.75) is 25.3 Å². The Morgan fingerprint density at radius 2 is 1.68 bits per heavy atom. The van der Waals surface area contributed by atoms with E-state index >= 15 is 0 Å². The molecule has 4 aromatic rings. The third-order valence-corrected chi connectivity index (χ3v) is 8.91. The van der Waals surface area contributed by atoms with Crippen molar-refractivity contribution in [2.24, 2.45) is 5.10 Å². The highest BCUT2D eigenvalue weighted by Crippen LogP contribution is 2.37. The summed E-state index contributed by atoms with van der Waals surface area (Å²) in [6, 6.07) is 23.6. The number of hydrazone groups is 1. The van der Waals surface area contributed by atoms with Gasteiger partial charge in [0.2, 0.25) is 0 Å². The Labute approximate surface area is 270 Å². The number of carbonyl (C=O) groups is 1. The summed E-state index contributed by atoms with van der Waals surface area (Å²) in [5, 5.41) is 4.43. The number of methoxy groups -OCH3 is 1. The number of sulfonamides is 1. The number of hydrogen-bond donors (Lipinski definition) is 1. The zero-order valence-electron chi connectivity index (χ0n) is 24.3. The van der Waals surface area contributed by atoms with Crippen molar-refractivity contribution in [1.82, 2.24) is 5.43 Å². The third-order valence-electron chi connectivity index (χ3n) is 6.28. The average Bonchev–Trinajstić information content (AvgIpc) is 3.01. The van der Waals surface area contributed by atoms with Gasteiger partial charge >= 0.3 is 0 Å². The van der Waals surface area contributed by atoms with Gasteiger partial charge in [-0.3, -0.25) is 9.10 Å². The third kappa shape index (κ3) is 8.52. The second-order valence-electron chi connectivity index (χ2n) is 9.49. The first-order chi connectivity index (χ1) is 21.1. The summed E-state index contributed by atoms with van der Waals surface area (Å²) in [5.74, 6) is 0.904. The quantitative estimate of drug-likeness (QED) is 0.122. The minimum absolute atomic E-state index is 0.0197. The summed E-state index contributed by atoms with van der Waals surface area (Å²) in [4.78, 5) is 13.0. The van der Waals surface area contributed by atoms with Gasteiger partial charge in [-0.25, -0.2) is 13.8 Å². The summed E-state index contributed by atoms with van der Waals surface area (Å²) in [6.45, 7) is 4.14. The predicted molar refractivity (Wildman–Crippen MR) is 176 cm³/mol. The molecule has 4 aromatic carbocycles. The summed E-state index contributed by atoms with van der Waals surface area (Å²) in [6.07, 6.45) is 1.42. The van der Waals surface area contributed by atoms with Gasteiger partial charge in [0, 0.05) is 5.02 Å². The number of halogens is 2. The highest BCUT2D eigenvalue weighted by atomic mass is 79.9. The molecule has 0 aliphatic rings. The van der Waals surface area contributed by atoms with Crippen LogP contribution in [-0.4, -0.2) is 40.8 Å². The fraction of sp³-hybridized carbons (Fsp3) is 0.188. The van der Waals surface area contributed by atoms with Gasteiger partial charge in [0.15, 0.2) is 11.5 Å². The minimum atomic E-state index is -4.13. The maximum absolute atomic E-state index is 13.6.